The Morgan fingerprint density at radius 1 is 0.920 bits per heavy atom. The number of anilines is 1. The van der Waals surface area contributed by atoms with Gasteiger partial charge in [0.05, 0.1) is 27.0 Å². The Bertz CT molecular complexity index is 761. The van der Waals surface area contributed by atoms with Crippen LogP contribution in [0.15, 0.2) is 47.6 Å². The van der Waals surface area contributed by atoms with Gasteiger partial charge in [0, 0.05) is 11.8 Å². The predicted octanol–water partition coefficient (Wildman–Crippen LogP) is 3.42. The smallest absolute Gasteiger partial charge is 0.191 e. The fourth-order valence-corrected chi connectivity index (χ4v) is 2.27. The number of benzene rings is 2. The lowest BCUT2D eigenvalue weighted by atomic mass is 10.1. The van der Waals surface area contributed by atoms with Crippen molar-refractivity contribution in [3.05, 3.63) is 48.0 Å². The summed E-state index contributed by atoms with van der Waals surface area (Å²) in [7, 11) is 4.81. The van der Waals surface area contributed by atoms with Crippen molar-refractivity contribution in [3.8, 4) is 17.2 Å². The van der Waals surface area contributed by atoms with Crippen molar-refractivity contribution >= 4 is 28.7 Å². The maximum Gasteiger partial charge on any atom is 0.191 e. The number of hydrogen-bond acceptors (Lipinski definition) is 5. The molecule has 0 aliphatic heterocycles. The Hall–Kier alpha value is -2.80. The molecule has 6 nitrogen and oxygen atoms in total. The second-order valence-electron chi connectivity index (χ2n) is 5.06. The Kier molecular flexibility index (Phi) is 6.59. The van der Waals surface area contributed by atoms with E-state index in [0.717, 1.165) is 22.7 Å². The number of nitrogens with one attached hydrogen (secondary N) is 2. The first-order valence-corrected chi connectivity index (χ1v) is 7.96. The highest BCUT2D eigenvalue weighted by Gasteiger charge is 2.05. The molecule has 0 spiro atoms. The molecular formula is C18H21N3O3S. The second-order valence-corrected chi connectivity index (χ2v) is 5.47. The third kappa shape index (κ3) is 5.09. The molecule has 0 aromatic heterocycles. The van der Waals surface area contributed by atoms with Gasteiger partial charge in [-0.15, -0.1) is 0 Å². The van der Waals surface area contributed by atoms with E-state index in [9.17, 15) is 0 Å². The Balaban J connectivity index is 1.99. The summed E-state index contributed by atoms with van der Waals surface area (Å²) in [4.78, 5) is 0. The average Bonchev–Trinajstić information content (AvgIpc) is 2.66. The molecule has 2 aromatic rings. The molecule has 0 saturated heterocycles. The lowest BCUT2D eigenvalue weighted by molar-refractivity contribution is 0.355. The largest absolute Gasteiger partial charge is 0.497 e. The van der Waals surface area contributed by atoms with Crippen molar-refractivity contribution in [1.82, 2.24) is 5.43 Å². The zero-order valence-corrected chi connectivity index (χ0v) is 15.4. The monoisotopic (exact) mass is 359 g/mol. The molecule has 25 heavy (non-hydrogen) atoms. The normalized spacial score (nSPS) is 10.8. The number of rotatable bonds is 6. The van der Waals surface area contributed by atoms with Gasteiger partial charge in [-0.25, -0.2) is 0 Å². The first-order valence-electron chi connectivity index (χ1n) is 7.55. The first kappa shape index (κ1) is 18.5. The van der Waals surface area contributed by atoms with Crippen LogP contribution >= 0.6 is 12.2 Å². The van der Waals surface area contributed by atoms with E-state index in [4.69, 9.17) is 26.4 Å². The Morgan fingerprint density at radius 3 is 2.20 bits per heavy atom. The van der Waals surface area contributed by atoms with Crippen LogP contribution in [0.25, 0.3) is 0 Å². The van der Waals surface area contributed by atoms with Crippen LogP contribution in [0.2, 0.25) is 0 Å². The number of thiocarbonyl (C=S) groups is 1. The quantitative estimate of drug-likeness (QED) is 0.468. The van der Waals surface area contributed by atoms with Gasteiger partial charge in [0.1, 0.15) is 5.75 Å². The molecule has 7 heteroatoms. The summed E-state index contributed by atoms with van der Waals surface area (Å²) in [6.07, 6.45) is 0. The van der Waals surface area contributed by atoms with Crippen molar-refractivity contribution < 1.29 is 14.2 Å². The standard InChI is InChI=1S/C18H21N3O3S/c1-12(13-5-8-15(22-2)9-6-13)20-21-18(25)19-14-7-10-16(23-3)17(11-14)24-4/h5-11H,1-4H3,(H2,19,21,25)/b20-12-. The van der Waals surface area contributed by atoms with Crippen molar-refractivity contribution in [2.75, 3.05) is 26.6 Å². The fraction of sp³-hybridized carbons (Fsp3) is 0.222. The molecule has 0 fully saturated rings. The van der Waals surface area contributed by atoms with Gasteiger partial charge in [-0.2, -0.15) is 5.10 Å². The maximum atomic E-state index is 5.27. The number of methoxy groups -OCH3 is 3. The van der Waals surface area contributed by atoms with Crippen LogP contribution in [-0.2, 0) is 0 Å². The van der Waals surface area contributed by atoms with Crippen LogP contribution in [0.4, 0.5) is 5.69 Å². The van der Waals surface area contributed by atoms with Gasteiger partial charge in [-0.3, -0.25) is 5.43 Å². The molecule has 0 saturated carbocycles. The van der Waals surface area contributed by atoms with E-state index in [1.165, 1.54) is 0 Å². The highest BCUT2D eigenvalue weighted by atomic mass is 32.1. The highest BCUT2D eigenvalue weighted by Crippen LogP contribution is 2.29. The van der Waals surface area contributed by atoms with E-state index in [-0.39, 0.29) is 0 Å². The second kappa shape index (κ2) is 8.89. The zero-order valence-electron chi connectivity index (χ0n) is 14.6. The van der Waals surface area contributed by atoms with Gasteiger partial charge >= 0.3 is 0 Å². The van der Waals surface area contributed by atoms with Crippen LogP contribution in [0.1, 0.15) is 12.5 Å². The minimum absolute atomic E-state index is 0.375. The van der Waals surface area contributed by atoms with E-state index in [2.05, 4.69) is 15.8 Å². The molecule has 0 heterocycles. The summed E-state index contributed by atoms with van der Waals surface area (Å²) in [6, 6.07) is 13.1. The van der Waals surface area contributed by atoms with Crippen LogP contribution in [0, 0.1) is 0 Å². The highest BCUT2D eigenvalue weighted by molar-refractivity contribution is 7.80. The van der Waals surface area contributed by atoms with Crippen molar-refractivity contribution in [2.24, 2.45) is 5.10 Å². The molecule has 0 aliphatic rings. The van der Waals surface area contributed by atoms with Gasteiger partial charge in [-0.1, -0.05) is 0 Å². The van der Waals surface area contributed by atoms with Crippen molar-refractivity contribution in [1.29, 1.82) is 0 Å². The number of hydrogen-bond donors (Lipinski definition) is 2. The van der Waals surface area contributed by atoms with E-state index >= 15 is 0 Å². The zero-order chi connectivity index (χ0) is 18.2. The predicted molar refractivity (Wildman–Crippen MR) is 104 cm³/mol. The van der Waals surface area contributed by atoms with Gasteiger partial charge in [-0.05, 0) is 61.1 Å². The van der Waals surface area contributed by atoms with E-state index in [0.29, 0.717) is 16.6 Å². The summed E-state index contributed by atoms with van der Waals surface area (Å²) in [5, 5.41) is 7.71. The summed E-state index contributed by atoms with van der Waals surface area (Å²) in [6.45, 7) is 1.90. The Labute approximate surface area is 152 Å². The van der Waals surface area contributed by atoms with Gasteiger partial charge < -0.3 is 19.5 Å². The first-order chi connectivity index (χ1) is 12.1. The van der Waals surface area contributed by atoms with E-state index in [1.54, 1.807) is 33.5 Å². The minimum atomic E-state index is 0.375. The lowest BCUT2D eigenvalue weighted by Crippen LogP contribution is -2.25. The summed E-state index contributed by atoms with van der Waals surface area (Å²) in [5.41, 5.74) is 5.38. The summed E-state index contributed by atoms with van der Waals surface area (Å²) in [5.74, 6) is 2.07. The number of nitrogens with zero attached hydrogens (tertiary/aromatic N) is 1. The topological polar surface area (TPSA) is 64.1 Å². The van der Waals surface area contributed by atoms with Gasteiger partial charge in [0.25, 0.3) is 0 Å². The number of hydrazone groups is 1. The van der Waals surface area contributed by atoms with Crippen LogP contribution in [0.5, 0.6) is 17.2 Å². The molecule has 2 rings (SSSR count). The summed E-state index contributed by atoms with van der Waals surface area (Å²) < 4.78 is 15.6. The molecule has 0 unspecified atom stereocenters. The van der Waals surface area contributed by atoms with Crippen molar-refractivity contribution in [3.63, 3.8) is 0 Å². The Morgan fingerprint density at radius 2 is 1.60 bits per heavy atom. The molecule has 0 atom stereocenters. The molecule has 2 aromatic carbocycles. The molecule has 0 amide bonds. The van der Waals surface area contributed by atoms with Crippen molar-refractivity contribution in [2.45, 2.75) is 6.92 Å². The summed E-state index contributed by atoms with van der Waals surface area (Å²) >= 11 is 5.26. The molecule has 0 bridgehead atoms. The SMILES string of the molecule is COc1ccc(/C(C)=N\NC(=S)Nc2ccc(OC)c(OC)c2)cc1. The fourth-order valence-electron chi connectivity index (χ4n) is 2.10. The third-order valence-electron chi connectivity index (χ3n) is 3.47. The lowest BCUT2D eigenvalue weighted by Gasteiger charge is -2.12. The molecule has 0 radical (unpaired) electrons. The van der Waals surface area contributed by atoms with E-state index in [1.807, 2.05) is 37.3 Å². The van der Waals surface area contributed by atoms with Crippen LogP contribution in [0.3, 0.4) is 0 Å². The number of ether oxygens (including phenoxy) is 3. The molecule has 2 N–H and O–H groups in total. The van der Waals surface area contributed by atoms with Gasteiger partial charge in [0.2, 0.25) is 0 Å². The van der Waals surface area contributed by atoms with E-state index < -0.39 is 0 Å². The third-order valence-corrected chi connectivity index (χ3v) is 3.67. The molecule has 0 aliphatic carbocycles. The van der Waals surface area contributed by atoms with Crippen LogP contribution in [-0.4, -0.2) is 32.2 Å². The average molecular weight is 359 g/mol. The van der Waals surface area contributed by atoms with Gasteiger partial charge in [0.15, 0.2) is 16.6 Å². The minimum Gasteiger partial charge on any atom is -0.497 e. The molecule has 132 valence electrons. The maximum absolute atomic E-state index is 5.27. The molecular weight excluding hydrogens is 338 g/mol. The van der Waals surface area contributed by atoms with Crippen LogP contribution < -0.4 is 25.0 Å².